The van der Waals surface area contributed by atoms with Crippen molar-refractivity contribution in [3.63, 3.8) is 0 Å². The fourth-order valence-electron chi connectivity index (χ4n) is 3.15. The molecule has 1 saturated heterocycles. The smallest absolute Gasteiger partial charge is 0.416 e. The molecule has 10 heteroatoms. The van der Waals surface area contributed by atoms with Crippen LogP contribution in [0, 0.1) is 0 Å². The summed E-state index contributed by atoms with van der Waals surface area (Å²) in [5.74, 6) is 0.733. The number of nitrogens with one attached hydrogen (secondary N) is 1. The Balaban J connectivity index is 1.43. The second-order valence-corrected chi connectivity index (χ2v) is 8.59. The lowest BCUT2D eigenvalue weighted by Crippen LogP contribution is -2.41. The van der Waals surface area contributed by atoms with Gasteiger partial charge < -0.3 is 19.9 Å². The van der Waals surface area contributed by atoms with E-state index in [9.17, 15) is 9.90 Å². The van der Waals surface area contributed by atoms with Gasteiger partial charge in [0.05, 0.1) is 18.4 Å². The summed E-state index contributed by atoms with van der Waals surface area (Å²) < 4.78 is 10.9. The summed E-state index contributed by atoms with van der Waals surface area (Å²) in [5.41, 5.74) is 0.887. The Morgan fingerprint density at radius 3 is 2.80 bits per heavy atom. The van der Waals surface area contributed by atoms with E-state index in [1.54, 1.807) is 37.2 Å². The third-order valence-corrected chi connectivity index (χ3v) is 6.39. The quantitative estimate of drug-likeness (QED) is 0.685. The molecule has 158 valence electrons. The molecule has 1 aromatic heterocycles. The minimum atomic E-state index is -0.747. The number of nitrogens with zero attached hydrogens (tertiary/aromatic N) is 3. The molecule has 1 unspecified atom stereocenters. The van der Waals surface area contributed by atoms with E-state index in [1.165, 1.54) is 4.90 Å². The monoisotopic (exact) mass is 448 g/mol. The van der Waals surface area contributed by atoms with Gasteiger partial charge in [-0.2, -0.15) is 4.98 Å². The average molecular weight is 449 g/mol. The minimum Gasteiger partial charge on any atom is -0.481 e. The van der Waals surface area contributed by atoms with Gasteiger partial charge in [0, 0.05) is 21.7 Å². The number of aliphatic hydroxyl groups is 1. The highest BCUT2D eigenvalue weighted by Crippen LogP contribution is 2.43. The van der Waals surface area contributed by atoms with Crippen molar-refractivity contribution in [1.29, 1.82) is 0 Å². The van der Waals surface area contributed by atoms with Gasteiger partial charge in [-0.25, -0.2) is 9.78 Å². The number of thioether (sulfide) groups is 1. The van der Waals surface area contributed by atoms with Gasteiger partial charge in [-0.3, -0.25) is 4.90 Å². The van der Waals surface area contributed by atoms with Crippen molar-refractivity contribution in [2.24, 2.45) is 0 Å². The molecule has 2 aromatic rings. The van der Waals surface area contributed by atoms with E-state index in [2.05, 4.69) is 15.3 Å². The summed E-state index contributed by atoms with van der Waals surface area (Å²) in [6.07, 6.45) is 2.01. The highest BCUT2D eigenvalue weighted by Gasteiger charge is 2.38. The van der Waals surface area contributed by atoms with Crippen LogP contribution in [0.3, 0.4) is 0 Å². The number of halogens is 1. The molecule has 30 heavy (non-hydrogen) atoms. The third-order valence-electron chi connectivity index (χ3n) is 4.82. The number of benzene rings is 1. The van der Waals surface area contributed by atoms with Gasteiger partial charge in [-0.15, -0.1) is 0 Å². The molecule has 1 amide bonds. The number of amides is 1. The number of hydrogen-bond donors (Lipinski definition) is 2. The lowest BCUT2D eigenvalue weighted by atomic mass is 10.2. The first-order valence-electron chi connectivity index (χ1n) is 9.43. The predicted molar refractivity (Wildman–Crippen MR) is 115 cm³/mol. The molecule has 2 N–H and O–H groups in total. The Morgan fingerprint density at radius 1 is 1.30 bits per heavy atom. The fraction of sp³-hybridized carbons (Fsp3) is 0.350. The molecular formula is C20H21ClN4O4S. The Bertz CT molecular complexity index is 956. The first kappa shape index (κ1) is 20.8. The summed E-state index contributed by atoms with van der Waals surface area (Å²) in [6, 6.07) is 8.57. The number of cyclic esters (lactones) is 1. The van der Waals surface area contributed by atoms with Crippen LogP contribution in [0.4, 0.5) is 16.6 Å². The van der Waals surface area contributed by atoms with E-state index in [0.717, 1.165) is 10.5 Å². The zero-order chi connectivity index (χ0) is 21.3. The standard InChI is InChI=1S/C20H21ClN4O4S/c1-11(16-10-28-18(30-16)13-3-5-14(21)6-4-13)23-19-22-8-7-17(24-19)25-15(12(2)26)9-29-20(25)27/h3-8,10-12,15,18,26H,9H2,1-2H3,(H,22,23,24)/t11-,12+,15+,18?/m0/s1. The van der Waals surface area contributed by atoms with Gasteiger partial charge >= 0.3 is 6.09 Å². The molecule has 0 radical (unpaired) electrons. The lowest BCUT2D eigenvalue weighted by Gasteiger charge is -2.23. The van der Waals surface area contributed by atoms with Gasteiger partial charge in [-0.1, -0.05) is 35.5 Å². The average Bonchev–Trinajstić information content (AvgIpc) is 3.36. The van der Waals surface area contributed by atoms with Gasteiger partial charge in [0.25, 0.3) is 0 Å². The molecule has 1 fully saturated rings. The number of carbonyl (C=O) groups excluding carboxylic acids is 1. The number of aromatic nitrogens is 2. The van der Waals surface area contributed by atoms with Crippen LogP contribution in [-0.2, 0) is 9.47 Å². The summed E-state index contributed by atoms with van der Waals surface area (Å²) in [6.45, 7) is 3.71. The number of carbonyl (C=O) groups is 1. The number of aliphatic hydroxyl groups excluding tert-OH is 1. The maximum absolute atomic E-state index is 12.1. The normalized spacial score (nSPS) is 22.9. The molecule has 4 atom stereocenters. The van der Waals surface area contributed by atoms with Crippen molar-refractivity contribution in [2.45, 2.75) is 37.5 Å². The maximum Gasteiger partial charge on any atom is 0.416 e. The molecule has 0 bridgehead atoms. The van der Waals surface area contributed by atoms with E-state index in [-0.39, 0.29) is 18.1 Å². The molecule has 4 rings (SSSR count). The minimum absolute atomic E-state index is 0.111. The molecular weight excluding hydrogens is 428 g/mol. The van der Waals surface area contributed by atoms with E-state index in [1.807, 2.05) is 31.2 Å². The van der Waals surface area contributed by atoms with E-state index in [4.69, 9.17) is 21.1 Å². The van der Waals surface area contributed by atoms with Crippen LogP contribution >= 0.6 is 23.4 Å². The molecule has 3 heterocycles. The highest BCUT2D eigenvalue weighted by atomic mass is 35.5. The maximum atomic E-state index is 12.1. The zero-order valence-corrected chi connectivity index (χ0v) is 17.9. The second-order valence-electron chi connectivity index (χ2n) is 7.02. The lowest BCUT2D eigenvalue weighted by molar-refractivity contribution is 0.142. The van der Waals surface area contributed by atoms with E-state index < -0.39 is 18.2 Å². The summed E-state index contributed by atoms with van der Waals surface area (Å²) in [4.78, 5) is 23.1. The largest absolute Gasteiger partial charge is 0.481 e. The molecule has 8 nitrogen and oxygen atoms in total. The molecule has 2 aliphatic rings. The van der Waals surface area contributed by atoms with Gasteiger partial charge in [-0.05, 0) is 32.0 Å². The van der Waals surface area contributed by atoms with Crippen LogP contribution in [0.2, 0.25) is 5.02 Å². The SMILES string of the molecule is C[C@H](Nc1nccc(N2C(=O)OC[C@@H]2[C@@H](C)O)n1)C1=COC(c2ccc(Cl)cc2)S1. The first-order valence-corrected chi connectivity index (χ1v) is 10.7. The Hall–Kier alpha value is -2.49. The van der Waals surface area contributed by atoms with Crippen LogP contribution in [0.25, 0.3) is 0 Å². The molecule has 1 aromatic carbocycles. The van der Waals surface area contributed by atoms with Crippen LogP contribution in [0.1, 0.15) is 24.8 Å². The Morgan fingerprint density at radius 2 is 2.07 bits per heavy atom. The predicted octanol–water partition coefficient (Wildman–Crippen LogP) is 3.94. The first-order chi connectivity index (χ1) is 14.4. The number of ether oxygens (including phenoxy) is 2. The van der Waals surface area contributed by atoms with Crippen molar-refractivity contribution < 1.29 is 19.4 Å². The Kier molecular flexibility index (Phi) is 6.03. The summed E-state index contributed by atoms with van der Waals surface area (Å²) in [5, 5.41) is 13.8. The highest BCUT2D eigenvalue weighted by molar-refractivity contribution is 8.03. The molecule has 0 spiro atoms. The van der Waals surface area contributed by atoms with E-state index >= 15 is 0 Å². The van der Waals surface area contributed by atoms with Gasteiger partial charge in [0.2, 0.25) is 5.95 Å². The molecule has 0 saturated carbocycles. The third kappa shape index (κ3) is 4.33. The second kappa shape index (κ2) is 8.71. The molecule has 2 aliphatic heterocycles. The number of rotatable bonds is 6. The van der Waals surface area contributed by atoms with Crippen molar-refractivity contribution in [1.82, 2.24) is 9.97 Å². The fourth-order valence-corrected chi connectivity index (χ4v) is 4.30. The summed E-state index contributed by atoms with van der Waals surface area (Å²) >= 11 is 7.54. The van der Waals surface area contributed by atoms with Crippen LogP contribution in [0.5, 0.6) is 0 Å². The van der Waals surface area contributed by atoms with Crippen molar-refractivity contribution in [2.75, 3.05) is 16.8 Å². The number of anilines is 2. The number of hydrogen-bond acceptors (Lipinski definition) is 8. The summed E-state index contributed by atoms with van der Waals surface area (Å²) in [7, 11) is 0. The Labute approximate surface area is 183 Å². The van der Waals surface area contributed by atoms with Gasteiger partial charge in [0.1, 0.15) is 18.5 Å². The van der Waals surface area contributed by atoms with Crippen LogP contribution < -0.4 is 10.2 Å². The topological polar surface area (TPSA) is 96.8 Å². The van der Waals surface area contributed by atoms with Crippen molar-refractivity contribution in [3.05, 3.63) is 58.3 Å². The zero-order valence-electron chi connectivity index (χ0n) is 16.4. The van der Waals surface area contributed by atoms with Crippen molar-refractivity contribution >= 4 is 41.2 Å². The van der Waals surface area contributed by atoms with Crippen molar-refractivity contribution in [3.8, 4) is 0 Å². The molecule has 0 aliphatic carbocycles. The van der Waals surface area contributed by atoms with E-state index in [0.29, 0.717) is 16.8 Å². The van der Waals surface area contributed by atoms with Crippen LogP contribution in [-0.4, -0.2) is 46.0 Å². The van der Waals surface area contributed by atoms with Crippen LogP contribution in [0.15, 0.2) is 47.7 Å². The van der Waals surface area contributed by atoms with Gasteiger partial charge in [0.15, 0.2) is 5.44 Å².